The van der Waals surface area contributed by atoms with Crippen LogP contribution in [0, 0.1) is 0 Å². The molecule has 3 aromatic rings. The first kappa shape index (κ1) is 19.3. The van der Waals surface area contributed by atoms with Crippen LogP contribution in [0.5, 0.6) is 0 Å². The Bertz CT molecular complexity index is 1020. The molecule has 1 fully saturated rings. The maximum absolute atomic E-state index is 12.0. The lowest BCUT2D eigenvalue weighted by Gasteiger charge is -2.40. The molecule has 3 nitrogen and oxygen atoms in total. The smallest absolute Gasteiger partial charge is 0.320 e. The van der Waals surface area contributed by atoms with Crippen LogP contribution in [0.15, 0.2) is 60.7 Å². The van der Waals surface area contributed by atoms with Gasteiger partial charge in [-0.15, -0.1) is 0 Å². The summed E-state index contributed by atoms with van der Waals surface area (Å²) in [4.78, 5) is 14.1. The lowest BCUT2D eigenvalue weighted by molar-refractivity contribution is -0.145. The van der Waals surface area contributed by atoms with E-state index < -0.39 is 12.0 Å². The highest BCUT2D eigenvalue weighted by molar-refractivity contribution is 6.42. The highest BCUT2D eigenvalue weighted by Crippen LogP contribution is 2.41. The highest BCUT2D eigenvalue weighted by atomic mass is 35.5. The van der Waals surface area contributed by atoms with E-state index in [-0.39, 0.29) is 6.04 Å². The number of halogens is 2. The number of carbonyl (C=O) groups is 1. The van der Waals surface area contributed by atoms with Crippen LogP contribution in [0.1, 0.15) is 36.4 Å². The van der Waals surface area contributed by atoms with Gasteiger partial charge in [0.2, 0.25) is 0 Å². The quantitative estimate of drug-likeness (QED) is 0.555. The number of hydrogen-bond acceptors (Lipinski definition) is 2. The molecule has 2 unspecified atom stereocenters. The number of piperidine rings is 1. The molecule has 4 rings (SSSR count). The molecule has 2 atom stereocenters. The fourth-order valence-electron chi connectivity index (χ4n) is 4.27. The zero-order valence-corrected chi connectivity index (χ0v) is 16.8. The molecule has 3 aromatic carbocycles. The summed E-state index contributed by atoms with van der Waals surface area (Å²) in [6.07, 6.45) is 2.51. The molecule has 0 bridgehead atoms. The largest absolute Gasteiger partial charge is 0.480 e. The second-order valence-electron chi connectivity index (χ2n) is 7.20. The van der Waals surface area contributed by atoms with Gasteiger partial charge in [0.15, 0.2) is 0 Å². The number of carboxylic acids is 1. The van der Waals surface area contributed by atoms with Crippen molar-refractivity contribution in [2.45, 2.75) is 31.3 Å². The summed E-state index contributed by atoms with van der Waals surface area (Å²) in [5.74, 6) is -0.789. The molecule has 1 aliphatic rings. The fourth-order valence-corrected chi connectivity index (χ4v) is 4.68. The number of aliphatic carboxylic acids is 1. The van der Waals surface area contributed by atoms with Crippen molar-refractivity contribution >= 4 is 39.9 Å². The molecule has 28 heavy (non-hydrogen) atoms. The third kappa shape index (κ3) is 3.50. The number of nitrogens with zero attached hydrogens (tertiary/aromatic N) is 1. The van der Waals surface area contributed by atoms with Gasteiger partial charge in [-0.2, -0.15) is 0 Å². The normalized spacial score (nSPS) is 18.9. The van der Waals surface area contributed by atoms with Crippen LogP contribution in [-0.2, 0) is 4.79 Å². The molecular weight excluding hydrogens is 393 g/mol. The average molecular weight is 414 g/mol. The van der Waals surface area contributed by atoms with Crippen molar-refractivity contribution in [3.63, 3.8) is 0 Å². The maximum Gasteiger partial charge on any atom is 0.320 e. The first-order valence-corrected chi connectivity index (χ1v) is 10.2. The molecule has 144 valence electrons. The van der Waals surface area contributed by atoms with E-state index in [1.165, 1.54) is 0 Å². The number of carboxylic acid groups (broad SMARTS) is 1. The molecule has 0 amide bonds. The van der Waals surface area contributed by atoms with Crippen molar-refractivity contribution in [2.24, 2.45) is 0 Å². The average Bonchev–Trinajstić information content (AvgIpc) is 2.72. The summed E-state index contributed by atoms with van der Waals surface area (Å²) in [5.41, 5.74) is 1.90. The van der Waals surface area contributed by atoms with E-state index in [1.807, 2.05) is 30.3 Å². The van der Waals surface area contributed by atoms with Gasteiger partial charge in [-0.3, -0.25) is 9.69 Å². The molecule has 0 aromatic heterocycles. The van der Waals surface area contributed by atoms with Gasteiger partial charge in [-0.25, -0.2) is 0 Å². The van der Waals surface area contributed by atoms with Crippen molar-refractivity contribution in [3.05, 3.63) is 81.8 Å². The first-order valence-electron chi connectivity index (χ1n) is 9.48. The Morgan fingerprint density at radius 3 is 2.50 bits per heavy atom. The van der Waals surface area contributed by atoms with Crippen LogP contribution >= 0.6 is 23.2 Å². The molecule has 5 heteroatoms. The third-order valence-electron chi connectivity index (χ3n) is 5.55. The van der Waals surface area contributed by atoms with Gasteiger partial charge in [-0.1, -0.05) is 84.2 Å². The van der Waals surface area contributed by atoms with E-state index in [4.69, 9.17) is 23.2 Å². The van der Waals surface area contributed by atoms with Gasteiger partial charge < -0.3 is 5.11 Å². The summed E-state index contributed by atoms with van der Waals surface area (Å²) >= 11 is 13.0. The van der Waals surface area contributed by atoms with Gasteiger partial charge in [0, 0.05) is 0 Å². The van der Waals surface area contributed by atoms with Gasteiger partial charge in [-0.05, 0) is 47.4 Å². The topological polar surface area (TPSA) is 40.5 Å². The van der Waals surface area contributed by atoms with E-state index in [2.05, 4.69) is 29.2 Å². The lowest BCUT2D eigenvalue weighted by Crippen LogP contribution is -2.47. The van der Waals surface area contributed by atoms with Gasteiger partial charge in [0.05, 0.1) is 16.1 Å². The fraction of sp³-hybridized carbons (Fsp3) is 0.261. The zero-order valence-electron chi connectivity index (χ0n) is 15.3. The highest BCUT2D eigenvalue weighted by Gasteiger charge is 2.36. The summed E-state index contributed by atoms with van der Waals surface area (Å²) in [6, 6.07) is 19.1. The summed E-state index contributed by atoms with van der Waals surface area (Å²) < 4.78 is 0. The number of hydrogen-bond donors (Lipinski definition) is 1. The summed E-state index contributed by atoms with van der Waals surface area (Å²) in [7, 11) is 0. The molecule has 1 heterocycles. The Morgan fingerprint density at radius 2 is 1.68 bits per heavy atom. The Morgan fingerprint density at radius 1 is 0.964 bits per heavy atom. The molecule has 1 aliphatic heterocycles. The van der Waals surface area contributed by atoms with E-state index in [1.54, 1.807) is 6.07 Å². The summed E-state index contributed by atoms with van der Waals surface area (Å²) in [5, 5.41) is 13.1. The van der Waals surface area contributed by atoms with E-state index in [9.17, 15) is 9.90 Å². The molecular formula is C23H21Cl2NO2. The summed E-state index contributed by atoms with van der Waals surface area (Å²) in [6.45, 7) is 0.702. The van der Waals surface area contributed by atoms with Crippen LogP contribution < -0.4 is 0 Å². The van der Waals surface area contributed by atoms with Crippen LogP contribution in [0.25, 0.3) is 10.8 Å². The molecule has 0 saturated carbocycles. The van der Waals surface area contributed by atoms with Crippen molar-refractivity contribution in [1.82, 2.24) is 4.90 Å². The van der Waals surface area contributed by atoms with Crippen molar-refractivity contribution in [1.29, 1.82) is 0 Å². The second kappa shape index (κ2) is 8.12. The number of benzene rings is 3. The zero-order chi connectivity index (χ0) is 19.7. The molecule has 0 aliphatic carbocycles. The predicted molar refractivity (Wildman–Crippen MR) is 114 cm³/mol. The van der Waals surface area contributed by atoms with Gasteiger partial charge in [0.1, 0.15) is 6.04 Å². The van der Waals surface area contributed by atoms with Crippen molar-refractivity contribution in [2.75, 3.05) is 6.54 Å². The third-order valence-corrected chi connectivity index (χ3v) is 6.39. The Balaban J connectivity index is 1.96. The molecule has 0 spiro atoms. The maximum atomic E-state index is 12.0. The van der Waals surface area contributed by atoms with Crippen LogP contribution in [-0.4, -0.2) is 28.6 Å². The number of fused-ring (bicyclic) bond motifs is 1. The first-order chi connectivity index (χ1) is 13.6. The van der Waals surface area contributed by atoms with Gasteiger partial charge in [0.25, 0.3) is 0 Å². The Kier molecular flexibility index (Phi) is 5.58. The van der Waals surface area contributed by atoms with E-state index >= 15 is 0 Å². The van der Waals surface area contributed by atoms with E-state index in [0.29, 0.717) is 23.0 Å². The van der Waals surface area contributed by atoms with Gasteiger partial charge >= 0.3 is 5.97 Å². The van der Waals surface area contributed by atoms with Crippen LogP contribution in [0.3, 0.4) is 0 Å². The Labute approximate surface area is 174 Å². The predicted octanol–water partition coefficient (Wildman–Crippen LogP) is 6.18. The minimum absolute atomic E-state index is 0.279. The SMILES string of the molecule is O=C(O)C1CCCCN1C(c1cccc(Cl)c1Cl)c1cccc2ccccc12. The number of rotatable bonds is 4. The number of likely N-dealkylation sites (tertiary alicyclic amines) is 1. The van der Waals surface area contributed by atoms with Crippen LogP contribution in [0.4, 0.5) is 0 Å². The Hall–Kier alpha value is -2.07. The minimum Gasteiger partial charge on any atom is -0.480 e. The minimum atomic E-state index is -0.789. The second-order valence-corrected chi connectivity index (χ2v) is 7.99. The van der Waals surface area contributed by atoms with Crippen LogP contribution in [0.2, 0.25) is 10.0 Å². The standard InChI is InChI=1S/C23H21Cl2NO2/c24-19-12-6-11-18(21(19)25)22(26-14-4-3-13-20(26)23(27)28)17-10-5-8-15-7-1-2-9-16(15)17/h1-2,5-12,20,22H,3-4,13-14H2,(H,27,28). The van der Waals surface area contributed by atoms with E-state index in [0.717, 1.165) is 34.7 Å². The lowest BCUT2D eigenvalue weighted by atomic mass is 9.89. The monoisotopic (exact) mass is 413 g/mol. The molecule has 1 N–H and O–H groups in total. The molecule has 0 radical (unpaired) electrons. The van der Waals surface area contributed by atoms with Crippen molar-refractivity contribution < 1.29 is 9.90 Å². The van der Waals surface area contributed by atoms with Crippen molar-refractivity contribution in [3.8, 4) is 0 Å². The molecule has 1 saturated heterocycles.